The topological polar surface area (TPSA) is 64.5 Å². The lowest BCUT2D eigenvalue weighted by Gasteiger charge is -2.47. The highest BCUT2D eigenvalue weighted by atomic mass is 16.3. The fraction of sp³-hybridized carbons (Fsp3) is 0.444. The van der Waals surface area contributed by atoms with Gasteiger partial charge in [-0.2, -0.15) is 0 Å². The number of aromatic nitrogens is 2. The third-order valence-electron chi connectivity index (χ3n) is 5.01. The number of benzene rings is 1. The van der Waals surface area contributed by atoms with Crippen LogP contribution in [0.1, 0.15) is 13.8 Å². The summed E-state index contributed by atoms with van der Waals surface area (Å²) in [6.07, 6.45) is 0. The summed E-state index contributed by atoms with van der Waals surface area (Å²) in [5, 5.41) is 22.2. The van der Waals surface area contributed by atoms with E-state index in [9.17, 15) is 5.11 Å². The molecule has 4 rings (SSSR count). The summed E-state index contributed by atoms with van der Waals surface area (Å²) in [5.41, 5.74) is 2.51. The van der Waals surface area contributed by atoms with Crippen molar-refractivity contribution >= 4 is 11.5 Å². The Bertz CT molecular complexity index is 748. The van der Waals surface area contributed by atoms with E-state index in [-0.39, 0.29) is 5.75 Å². The highest BCUT2D eigenvalue weighted by Crippen LogP contribution is 2.35. The maximum absolute atomic E-state index is 10.1. The SMILES string of the molecule is CC(C)N1CCN2c3cc(-c4ccccc4O)nnc3NC[C@H]2C1. The van der Waals surface area contributed by atoms with Gasteiger partial charge < -0.3 is 15.3 Å². The van der Waals surface area contributed by atoms with Gasteiger partial charge in [0.1, 0.15) is 5.75 Å². The molecule has 0 amide bonds. The Hall–Kier alpha value is -2.34. The van der Waals surface area contributed by atoms with E-state index in [1.165, 1.54) is 0 Å². The number of anilines is 2. The second-order valence-electron chi connectivity index (χ2n) is 6.80. The first-order chi connectivity index (χ1) is 11.6. The summed E-state index contributed by atoms with van der Waals surface area (Å²) in [7, 11) is 0. The van der Waals surface area contributed by atoms with Crippen LogP contribution in [0, 0.1) is 0 Å². The molecule has 6 heteroatoms. The van der Waals surface area contributed by atoms with Gasteiger partial charge in [0.05, 0.1) is 17.4 Å². The molecule has 2 aromatic rings. The Morgan fingerprint density at radius 3 is 2.83 bits per heavy atom. The standard InChI is InChI=1S/C18H23N5O/c1-12(2)22-7-8-23-13(11-22)10-19-18-16(23)9-15(20-21-18)14-5-3-4-6-17(14)24/h3-6,9,12-13,24H,7-8,10-11H2,1-2H3,(H,19,21)/t13-/m0/s1. The van der Waals surface area contributed by atoms with E-state index in [0.717, 1.165) is 43.2 Å². The quantitative estimate of drug-likeness (QED) is 0.882. The molecule has 0 saturated carbocycles. The summed E-state index contributed by atoms with van der Waals surface area (Å²) in [6.45, 7) is 8.49. The minimum absolute atomic E-state index is 0.233. The molecular formula is C18H23N5O. The van der Waals surface area contributed by atoms with Crippen molar-refractivity contribution in [2.75, 3.05) is 36.4 Å². The minimum Gasteiger partial charge on any atom is -0.507 e. The number of para-hydroxylation sites is 1. The fourth-order valence-electron chi connectivity index (χ4n) is 3.60. The van der Waals surface area contributed by atoms with Crippen LogP contribution in [0.5, 0.6) is 5.75 Å². The molecule has 24 heavy (non-hydrogen) atoms. The lowest BCUT2D eigenvalue weighted by molar-refractivity contribution is 0.182. The van der Waals surface area contributed by atoms with E-state index in [4.69, 9.17) is 0 Å². The lowest BCUT2D eigenvalue weighted by atomic mass is 10.0. The van der Waals surface area contributed by atoms with Crippen molar-refractivity contribution in [2.24, 2.45) is 0 Å². The third-order valence-corrected chi connectivity index (χ3v) is 5.01. The first-order valence-electron chi connectivity index (χ1n) is 8.54. The zero-order chi connectivity index (χ0) is 16.7. The zero-order valence-electron chi connectivity index (χ0n) is 14.1. The summed E-state index contributed by atoms with van der Waals surface area (Å²) in [5.74, 6) is 1.07. The zero-order valence-corrected chi connectivity index (χ0v) is 14.1. The number of piperazine rings is 1. The number of nitrogens with one attached hydrogen (secondary N) is 1. The van der Waals surface area contributed by atoms with Crippen molar-refractivity contribution < 1.29 is 5.11 Å². The van der Waals surface area contributed by atoms with Crippen molar-refractivity contribution in [2.45, 2.75) is 25.9 Å². The van der Waals surface area contributed by atoms with Crippen LogP contribution in [0.3, 0.4) is 0 Å². The molecule has 1 saturated heterocycles. The molecule has 0 bridgehead atoms. The van der Waals surface area contributed by atoms with E-state index < -0.39 is 0 Å². The Labute approximate surface area is 142 Å². The fourth-order valence-corrected chi connectivity index (χ4v) is 3.60. The van der Waals surface area contributed by atoms with Crippen LogP contribution in [0.4, 0.5) is 11.5 Å². The van der Waals surface area contributed by atoms with Gasteiger partial charge in [-0.25, -0.2) is 0 Å². The Kier molecular flexibility index (Phi) is 3.76. The molecule has 0 aliphatic carbocycles. The van der Waals surface area contributed by atoms with E-state index >= 15 is 0 Å². The van der Waals surface area contributed by atoms with Crippen molar-refractivity contribution in [3.05, 3.63) is 30.3 Å². The van der Waals surface area contributed by atoms with Crippen LogP contribution in [0.2, 0.25) is 0 Å². The summed E-state index contributed by atoms with van der Waals surface area (Å²) >= 11 is 0. The number of phenolic OH excluding ortho intramolecular Hbond substituents is 1. The Morgan fingerprint density at radius 1 is 1.21 bits per heavy atom. The molecule has 2 N–H and O–H groups in total. The van der Waals surface area contributed by atoms with Crippen LogP contribution >= 0.6 is 0 Å². The van der Waals surface area contributed by atoms with Gasteiger partial charge in [0, 0.05) is 37.8 Å². The van der Waals surface area contributed by atoms with Crippen LogP contribution < -0.4 is 10.2 Å². The summed E-state index contributed by atoms with van der Waals surface area (Å²) < 4.78 is 0. The number of phenols is 1. The maximum Gasteiger partial charge on any atom is 0.172 e. The molecular weight excluding hydrogens is 302 g/mol. The normalized spacial score (nSPS) is 20.5. The van der Waals surface area contributed by atoms with Gasteiger partial charge in [-0.15, -0.1) is 10.2 Å². The van der Waals surface area contributed by atoms with Crippen LogP contribution in [-0.2, 0) is 0 Å². The maximum atomic E-state index is 10.1. The van der Waals surface area contributed by atoms with E-state index in [2.05, 4.69) is 39.2 Å². The van der Waals surface area contributed by atoms with Gasteiger partial charge in [-0.1, -0.05) is 12.1 Å². The molecule has 1 atom stereocenters. The molecule has 0 radical (unpaired) electrons. The first-order valence-corrected chi connectivity index (χ1v) is 8.54. The average Bonchev–Trinajstić information content (AvgIpc) is 2.61. The molecule has 126 valence electrons. The number of fused-ring (bicyclic) bond motifs is 3. The largest absolute Gasteiger partial charge is 0.507 e. The molecule has 0 spiro atoms. The molecule has 2 aliphatic heterocycles. The van der Waals surface area contributed by atoms with Gasteiger partial charge >= 0.3 is 0 Å². The molecule has 1 fully saturated rings. The second-order valence-corrected chi connectivity index (χ2v) is 6.80. The predicted octanol–water partition coefficient (Wildman–Crippen LogP) is 2.17. The Morgan fingerprint density at radius 2 is 2.04 bits per heavy atom. The highest BCUT2D eigenvalue weighted by Gasteiger charge is 2.33. The average molecular weight is 325 g/mol. The van der Waals surface area contributed by atoms with Crippen molar-refractivity contribution in [3.8, 4) is 17.0 Å². The smallest absolute Gasteiger partial charge is 0.172 e. The van der Waals surface area contributed by atoms with Gasteiger partial charge in [0.15, 0.2) is 5.82 Å². The monoisotopic (exact) mass is 325 g/mol. The van der Waals surface area contributed by atoms with Gasteiger partial charge in [-0.05, 0) is 32.0 Å². The van der Waals surface area contributed by atoms with Gasteiger partial charge in [-0.3, -0.25) is 4.90 Å². The van der Waals surface area contributed by atoms with Crippen molar-refractivity contribution in [3.63, 3.8) is 0 Å². The van der Waals surface area contributed by atoms with Gasteiger partial charge in [0.25, 0.3) is 0 Å². The molecule has 2 aliphatic rings. The van der Waals surface area contributed by atoms with Crippen molar-refractivity contribution in [1.29, 1.82) is 0 Å². The lowest BCUT2D eigenvalue weighted by Crippen LogP contribution is -2.59. The van der Waals surface area contributed by atoms with Crippen LogP contribution in [0.15, 0.2) is 30.3 Å². The summed E-state index contributed by atoms with van der Waals surface area (Å²) in [6, 6.07) is 10.3. The van der Waals surface area contributed by atoms with Gasteiger partial charge in [0.2, 0.25) is 0 Å². The number of rotatable bonds is 2. The van der Waals surface area contributed by atoms with E-state index in [1.54, 1.807) is 6.07 Å². The van der Waals surface area contributed by atoms with E-state index in [1.807, 2.05) is 24.3 Å². The molecule has 0 unspecified atom stereocenters. The number of aromatic hydroxyl groups is 1. The predicted molar refractivity (Wildman–Crippen MR) is 95.5 cm³/mol. The van der Waals surface area contributed by atoms with Crippen LogP contribution in [0.25, 0.3) is 11.3 Å². The second kappa shape index (κ2) is 5.94. The molecule has 6 nitrogen and oxygen atoms in total. The number of hydrogen-bond donors (Lipinski definition) is 2. The Balaban J connectivity index is 1.68. The molecule has 3 heterocycles. The third kappa shape index (κ3) is 2.57. The molecule has 1 aromatic carbocycles. The number of nitrogens with zero attached hydrogens (tertiary/aromatic N) is 4. The highest BCUT2D eigenvalue weighted by molar-refractivity contribution is 5.76. The molecule has 1 aromatic heterocycles. The summed E-state index contributed by atoms with van der Waals surface area (Å²) in [4.78, 5) is 4.95. The minimum atomic E-state index is 0.233. The first kappa shape index (κ1) is 15.2. The van der Waals surface area contributed by atoms with Crippen LogP contribution in [-0.4, -0.2) is 58.5 Å². The van der Waals surface area contributed by atoms with E-state index in [0.29, 0.717) is 17.8 Å². The number of hydrogen-bond acceptors (Lipinski definition) is 6. The van der Waals surface area contributed by atoms with Crippen molar-refractivity contribution in [1.82, 2.24) is 15.1 Å².